The van der Waals surface area contributed by atoms with Gasteiger partial charge in [-0.3, -0.25) is 0 Å². The number of piperidine rings is 1. The van der Waals surface area contributed by atoms with Crippen LogP contribution < -0.4 is 10.0 Å². The Morgan fingerprint density at radius 3 is 2.73 bits per heavy atom. The molecule has 0 bridgehead atoms. The third kappa shape index (κ3) is 4.06. The zero-order valence-electron chi connectivity index (χ0n) is 9.49. The normalized spacial score (nSPS) is 23.3. The highest BCUT2D eigenvalue weighted by molar-refractivity contribution is 7.87. The summed E-state index contributed by atoms with van der Waals surface area (Å²) in [6.45, 7) is 3.77. The first-order valence-corrected chi connectivity index (χ1v) is 6.94. The number of hydrogen-bond donors (Lipinski definition) is 2. The molecular formula is C9H21N3O2S. The van der Waals surface area contributed by atoms with Crippen LogP contribution in [0.3, 0.4) is 0 Å². The van der Waals surface area contributed by atoms with Crippen LogP contribution in [0.2, 0.25) is 0 Å². The molecule has 0 aromatic rings. The predicted molar refractivity (Wildman–Crippen MR) is 60.9 cm³/mol. The van der Waals surface area contributed by atoms with Gasteiger partial charge in [0, 0.05) is 26.2 Å². The molecule has 1 saturated heterocycles. The largest absolute Gasteiger partial charge is 0.313 e. The molecule has 90 valence electrons. The molecule has 2 N–H and O–H groups in total. The van der Waals surface area contributed by atoms with Crippen molar-refractivity contribution in [3.05, 3.63) is 0 Å². The lowest BCUT2D eigenvalue weighted by Gasteiger charge is -2.27. The average Bonchev–Trinajstić information content (AvgIpc) is 2.19. The Bertz CT molecular complexity index is 273. The molecule has 0 saturated carbocycles. The van der Waals surface area contributed by atoms with Gasteiger partial charge in [-0.05, 0) is 19.4 Å². The molecule has 1 rings (SSSR count). The van der Waals surface area contributed by atoms with E-state index in [-0.39, 0.29) is 0 Å². The molecular weight excluding hydrogens is 214 g/mol. The second kappa shape index (κ2) is 5.79. The second-order valence-electron chi connectivity index (χ2n) is 3.93. The minimum absolute atomic E-state index is 0.303. The van der Waals surface area contributed by atoms with Crippen molar-refractivity contribution >= 4 is 10.2 Å². The van der Waals surface area contributed by atoms with E-state index in [2.05, 4.69) is 10.0 Å². The van der Waals surface area contributed by atoms with Crippen LogP contribution in [0.15, 0.2) is 0 Å². The minimum atomic E-state index is -3.27. The van der Waals surface area contributed by atoms with Crippen LogP contribution in [0.25, 0.3) is 0 Å². The maximum absolute atomic E-state index is 11.6. The fraction of sp³-hybridized carbons (Fsp3) is 1.00. The number of likely N-dealkylation sites (N-methyl/N-ethyl adjacent to an activating group) is 1. The van der Waals surface area contributed by atoms with Crippen molar-refractivity contribution in [2.45, 2.75) is 32.2 Å². The van der Waals surface area contributed by atoms with Crippen LogP contribution in [0.5, 0.6) is 0 Å². The van der Waals surface area contributed by atoms with E-state index in [1.807, 2.05) is 0 Å². The number of hydrogen-bond acceptors (Lipinski definition) is 3. The van der Waals surface area contributed by atoms with Gasteiger partial charge in [0.15, 0.2) is 0 Å². The monoisotopic (exact) mass is 235 g/mol. The molecule has 0 aliphatic carbocycles. The summed E-state index contributed by atoms with van der Waals surface area (Å²) in [5, 5.41) is 3.33. The summed E-state index contributed by atoms with van der Waals surface area (Å²) in [6, 6.07) is 0.303. The lowest BCUT2D eigenvalue weighted by molar-refractivity contribution is 0.335. The van der Waals surface area contributed by atoms with E-state index in [4.69, 9.17) is 0 Å². The Morgan fingerprint density at radius 1 is 1.47 bits per heavy atom. The molecule has 0 aromatic heterocycles. The summed E-state index contributed by atoms with van der Waals surface area (Å²) in [4.78, 5) is 0. The first-order valence-electron chi connectivity index (χ1n) is 5.50. The van der Waals surface area contributed by atoms with Crippen molar-refractivity contribution in [2.75, 3.05) is 26.7 Å². The summed E-state index contributed by atoms with van der Waals surface area (Å²) in [5.41, 5.74) is 0. The molecule has 1 aliphatic heterocycles. The van der Waals surface area contributed by atoms with E-state index < -0.39 is 10.2 Å². The summed E-state index contributed by atoms with van der Waals surface area (Å²) in [6.07, 6.45) is 3.44. The van der Waals surface area contributed by atoms with Gasteiger partial charge in [-0.1, -0.05) is 13.3 Å². The Hall–Kier alpha value is -0.170. The molecule has 1 atom stereocenters. The minimum Gasteiger partial charge on any atom is -0.313 e. The summed E-state index contributed by atoms with van der Waals surface area (Å²) in [7, 11) is -1.65. The van der Waals surface area contributed by atoms with Crippen LogP contribution >= 0.6 is 0 Å². The Morgan fingerprint density at radius 2 is 2.20 bits per heavy atom. The predicted octanol–water partition coefficient (Wildman–Crippen LogP) is -0.0854. The van der Waals surface area contributed by atoms with Gasteiger partial charge in [0.1, 0.15) is 0 Å². The number of nitrogens with one attached hydrogen (secondary N) is 2. The van der Waals surface area contributed by atoms with Crippen LogP contribution in [-0.4, -0.2) is 45.4 Å². The van der Waals surface area contributed by atoms with Crippen molar-refractivity contribution in [3.63, 3.8) is 0 Å². The number of nitrogens with zero attached hydrogens (tertiary/aromatic N) is 1. The SMILES string of the molecule is CCNS(=O)(=O)N(C)CC1CCCCN1. The smallest absolute Gasteiger partial charge is 0.279 e. The van der Waals surface area contributed by atoms with Crippen molar-refractivity contribution in [2.24, 2.45) is 0 Å². The average molecular weight is 235 g/mol. The van der Waals surface area contributed by atoms with Crippen molar-refractivity contribution in [3.8, 4) is 0 Å². The van der Waals surface area contributed by atoms with Gasteiger partial charge in [-0.15, -0.1) is 0 Å². The third-order valence-electron chi connectivity index (χ3n) is 2.63. The molecule has 1 aliphatic rings. The molecule has 15 heavy (non-hydrogen) atoms. The fourth-order valence-electron chi connectivity index (χ4n) is 1.78. The number of rotatable bonds is 5. The topological polar surface area (TPSA) is 61.4 Å². The quantitative estimate of drug-likeness (QED) is 0.700. The first-order chi connectivity index (χ1) is 7.06. The third-order valence-corrected chi connectivity index (χ3v) is 4.25. The zero-order chi connectivity index (χ0) is 11.3. The molecule has 0 amide bonds. The molecule has 1 unspecified atom stereocenters. The highest BCUT2D eigenvalue weighted by Gasteiger charge is 2.21. The van der Waals surface area contributed by atoms with Crippen molar-refractivity contribution < 1.29 is 8.42 Å². The zero-order valence-corrected chi connectivity index (χ0v) is 10.3. The summed E-state index contributed by atoms with van der Waals surface area (Å²) >= 11 is 0. The lowest BCUT2D eigenvalue weighted by atomic mass is 10.1. The summed E-state index contributed by atoms with van der Waals surface area (Å²) in [5.74, 6) is 0. The van der Waals surface area contributed by atoms with Crippen LogP contribution in [0.1, 0.15) is 26.2 Å². The standard InChI is InChI=1S/C9H21N3O2S/c1-3-11-15(13,14)12(2)8-9-6-4-5-7-10-9/h9-11H,3-8H2,1-2H3. The van der Waals surface area contributed by atoms with E-state index in [1.54, 1.807) is 14.0 Å². The Kier molecular flexibility index (Phi) is 4.98. The van der Waals surface area contributed by atoms with Crippen LogP contribution in [0.4, 0.5) is 0 Å². The van der Waals surface area contributed by atoms with Crippen molar-refractivity contribution in [1.29, 1.82) is 0 Å². The van der Waals surface area contributed by atoms with Gasteiger partial charge in [0.2, 0.25) is 0 Å². The maximum atomic E-state index is 11.6. The van der Waals surface area contributed by atoms with Crippen molar-refractivity contribution in [1.82, 2.24) is 14.3 Å². The Labute approximate surface area is 92.4 Å². The molecule has 0 radical (unpaired) electrons. The lowest BCUT2D eigenvalue weighted by Crippen LogP contribution is -2.47. The van der Waals surface area contributed by atoms with Crippen LogP contribution in [0, 0.1) is 0 Å². The van der Waals surface area contributed by atoms with E-state index in [0.717, 1.165) is 13.0 Å². The van der Waals surface area contributed by atoms with E-state index in [1.165, 1.54) is 17.1 Å². The highest BCUT2D eigenvalue weighted by atomic mass is 32.2. The van der Waals surface area contributed by atoms with Gasteiger partial charge in [0.25, 0.3) is 10.2 Å². The molecule has 0 spiro atoms. The molecule has 6 heteroatoms. The second-order valence-corrected chi connectivity index (χ2v) is 5.79. The van der Waals surface area contributed by atoms with E-state index in [9.17, 15) is 8.42 Å². The molecule has 1 fully saturated rings. The molecule has 1 heterocycles. The van der Waals surface area contributed by atoms with Gasteiger partial charge in [-0.25, -0.2) is 4.72 Å². The highest BCUT2D eigenvalue weighted by Crippen LogP contribution is 2.08. The van der Waals surface area contributed by atoms with E-state index >= 15 is 0 Å². The van der Waals surface area contributed by atoms with Gasteiger partial charge < -0.3 is 5.32 Å². The first kappa shape index (κ1) is 12.9. The van der Waals surface area contributed by atoms with E-state index in [0.29, 0.717) is 19.1 Å². The molecule has 0 aromatic carbocycles. The fourth-order valence-corrected chi connectivity index (χ4v) is 2.74. The van der Waals surface area contributed by atoms with Gasteiger partial charge in [-0.2, -0.15) is 12.7 Å². The maximum Gasteiger partial charge on any atom is 0.279 e. The molecule has 5 nitrogen and oxygen atoms in total. The summed E-state index contributed by atoms with van der Waals surface area (Å²) < 4.78 is 27.1. The van der Waals surface area contributed by atoms with Gasteiger partial charge in [0.05, 0.1) is 0 Å². The van der Waals surface area contributed by atoms with Crippen LogP contribution in [-0.2, 0) is 10.2 Å². The van der Waals surface area contributed by atoms with Gasteiger partial charge >= 0.3 is 0 Å². The Balaban J connectivity index is 2.43.